The Balaban J connectivity index is 1.50. The maximum Gasteiger partial charge on any atom is 0.255 e. The van der Waals surface area contributed by atoms with Gasteiger partial charge in [-0.25, -0.2) is 9.97 Å². The summed E-state index contributed by atoms with van der Waals surface area (Å²) in [7, 11) is 0. The molecule has 2 amide bonds. The number of aryl methyl sites for hydroxylation is 2. The topological polar surface area (TPSA) is 98.0 Å². The van der Waals surface area contributed by atoms with Gasteiger partial charge in [-0.05, 0) is 60.9 Å². The van der Waals surface area contributed by atoms with Crippen LogP contribution in [-0.4, -0.2) is 21.8 Å². The molecule has 0 atom stereocenters. The van der Waals surface area contributed by atoms with Crippen LogP contribution in [0.4, 0.5) is 5.69 Å². The first kappa shape index (κ1) is 20.7. The minimum Gasteiger partial charge on any atom is -0.366 e. The van der Waals surface area contributed by atoms with E-state index in [4.69, 9.17) is 5.73 Å². The monoisotopic (exact) mass is 474 g/mol. The molecule has 31 heavy (non-hydrogen) atoms. The Morgan fingerprint density at radius 3 is 2.48 bits per heavy atom. The normalized spacial score (nSPS) is 10.7. The van der Waals surface area contributed by atoms with E-state index >= 15 is 0 Å². The molecule has 4 aromatic rings. The minimum atomic E-state index is -0.510. The average Bonchev–Trinajstić information content (AvgIpc) is 2.77. The van der Waals surface area contributed by atoms with E-state index in [0.717, 1.165) is 33.2 Å². The zero-order valence-electron chi connectivity index (χ0n) is 16.5. The molecule has 4 rings (SSSR count). The Morgan fingerprint density at radius 1 is 0.935 bits per heavy atom. The largest absolute Gasteiger partial charge is 0.366 e. The summed E-state index contributed by atoms with van der Waals surface area (Å²) >= 11 is 3.37. The van der Waals surface area contributed by atoms with Crippen molar-refractivity contribution >= 4 is 44.3 Å². The van der Waals surface area contributed by atoms with Crippen molar-refractivity contribution in [2.24, 2.45) is 5.73 Å². The Bertz CT molecular complexity index is 1270. The summed E-state index contributed by atoms with van der Waals surface area (Å²) in [5.41, 5.74) is 9.64. The molecule has 3 aromatic carbocycles. The maximum atomic E-state index is 12.5. The van der Waals surface area contributed by atoms with E-state index in [9.17, 15) is 9.59 Å². The molecule has 7 heteroatoms. The number of para-hydroxylation sites is 1. The number of carbonyl (C=O) groups is 2. The van der Waals surface area contributed by atoms with Crippen LogP contribution in [0.2, 0.25) is 0 Å². The third-order valence-electron chi connectivity index (χ3n) is 4.95. The van der Waals surface area contributed by atoms with Gasteiger partial charge < -0.3 is 11.1 Å². The lowest BCUT2D eigenvalue weighted by atomic mass is 10.0. The third kappa shape index (κ3) is 4.78. The van der Waals surface area contributed by atoms with Gasteiger partial charge in [0.05, 0.1) is 16.8 Å². The molecule has 0 saturated heterocycles. The number of halogens is 1. The zero-order valence-corrected chi connectivity index (χ0v) is 18.1. The standard InChI is InChI=1S/C24H19BrN4O2/c25-17-10-8-16(9-11-17)24(31)29-18-4-1-3-15(13-18)7-12-21-19-5-2-6-20(23(26)30)22(19)28-14-27-21/h1-6,8-11,13-14H,7,12H2,(H2,26,30)(H,29,31). The Labute approximate surface area is 187 Å². The molecule has 0 fully saturated rings. The number of primary amides is 1. The number of benzene rings is 3. The van der Waals surface area contributed by atoms with Crippen LogP contribution in [0.15, 0.2) is 77.5 Å². The predicted molar refractivity (Wildman–Crippen MR) is 124 cm³/mol. The molecule has 0 aliphatic heterocycles. The van der Waals surface area contributed by atoms with Crippen molar-refractivity contribution in [2.75, 3.05) is 5.32 Å². The van der Waals surface area contributed by atoms with Gasteiger partial charge in [-0.2, -0.15) is 0 Å². The van der Waals surface area contributed by atoms with Gasteiger partial charge in [-0.1, -0.05) is 40.2 Å². The summed E-state index contributed by atoms with van der Waals surface area (Å²) in [6, 6.07) is 20.3. The SMILES string of the molecule is NC(=O)c1cccc2c(CCc3cccc(NC(=O)c4ccc(Br)cc4)c3)ncnc12. The predicted octanol–water partition coefficient (Wildman–Crippen LogP) is 4.53. The molecule has 0 radical (unpaired) electrons. The molecule has 1 aromatic heterocycles. The van der Waals surface area contributed by atoms with Crippen molar-refractivity contribution < 1.29 is 9.59 Å². The highest BCUT2D eigenvalue weighted by molar-refractivity contribution is 9.10. The lowest BCUT2D eigenvalue weighted by molar-refractivity contribution is 0.0998. The maximum absolute atomic E-state index is 12.5. The minimum absolute atomic E-state index is 0.162. The van der Waals surface area contributed by atoms with Crippen LogP contribution in [0.3, 0.4) is 0 Å². The molecule has 1 heterocycles. The molecule has 0 saturated carbocycles. The van der Waals surface area contributed by atoms with E-state index in [1.54, 1.807) is 24.3 Å². The van der Waals surface area contributed by atoms with Gasteiger partial charge in [0, 0.05) is 21.1 Å². The fourth-order valence-electron chi connectivity index (χ4n) is 3.41. The first-order valence-corrected chi connectivity index (χ1v) is 10.5. The van der Waals surface area contributed by atoms with Gasteiger partial charge in [0.2, 0.25) is 0 Å². The van der Waals surface area contributed by atoms with Gasteiger partial charge >= 0.3 is 0 Å². The molecule has 6 nitrogen and oxygen atoms in total. The molecule has 0 spiro atoms. The smallest absolute Gasteiger partial charge is 0.255 e. The molecule has 154 valence electrons. The molecular formula is C24H19BrN4O2. The summed E-state index contributed by atoms with van der Waals surface area (Å²) in [4.78, 5) is 32.8. The molecular weight excluding hydrogens is 456 g/mol. The summed E-state index contributed by atoms with van der Waals surface area (Å²) in [6.45, 7) is 0. The van der Waals surface area contributed by atoms with Crippen LogP contribution in [0.25, 0.3) is 10.9 Å². The lowest BCUT2D eigenvalue weighted by Crippen LogP contribution is -2.12. The number of hydrogen-bond donors (Lipinski definition) is 2. The van der Waals surface area contributed by atoms with Crippen LogP contribution < -0.4 is 11.1 Å². The van der Waals surface area contributed by atoms with Gasteiger partial charge in [-0.15, -0.1) is 0 Å². The number of nitrogens with zero attached hydrogens (tertiary/aromatic N) is 2. The number of fused-ring (bicyclic) bond motifs is 1. The van der Waals surface area contributed by atoms with E-state index in [1.807, 2.05) is 42.5 Å². The van der Waals surface area contributed by atoms with Crippen LogP contribution in [0.1, 0.15) is 32.0 Å². The Kier molecular flexibility index (Phi) is 6.04. The van der Waals surface area contributed by atoms with Crippen LogP contribution >= 0.6 is 15.9 Å². The number of carbonyl (C=O) groups excluding carboxylic acids is 2. The van der Waals surface area contributed by atoms with Crippen molar-refractivity contribution in [2.45, 2.75) is 12.8 Å². The van der Waals surface area contributed by atoms with Gasteiger partial charge in [-0.3, -0.25) is 9.59 Å². The Hall–Kier alpha value is -3.58. The molecule has 0 aliphatic carbocycles. The highest BCUT2D eigenvalue weighted by atomic mass is 79.9. The van der Waals surface area contributed by atoms with E-state index in [2.05, 4.69) is 31.2 Å². The Morgan fingerprint density at radius 2 is 1.71 bits per heavy atom. The number of rotatable bonds is 6. The molecule has 3 N–H and O–H groups in total. The summed E-state index contributed by atoms with van der Waals surface area (Å²) in [5, 5.41) is 3.75. The molecule has 0 unspecified atom stereocenters. The van der Waals surface area contributed by atoms with Gasteiger partial charge in [0.25, 0.3) is 11.8 Å². The summed E-state index contributed by atoms with van der Waals surface area (Å²) in [5.74, 6) is -0.671. The van der Waals surface area contributed by atoms with Gasteiger partial charge in [0.15, 0.2) is 0 Å². The summed E-state index contributed by atoms with van der Waals surface area (Å²) in [6.07, 6.45) is 2.83. The number of aromatic nitrogens is 2. The van der Waals surface area contributed by atoms with Crippen molar-refractivity contribution in [1.29, 1.82) is 0 Å². The van der Waals surface area contributed by atoms with Gasteiger partial charge in [0.1, 0.15) is 6.33 Å². The van der Waals surface area contributed by atoms with Crippen molar-refractivity contribution in [3.63, 3.8) is 0 Å². The first-order chi connectivity index (χ1) is 15.0. The van der Waals surface area contributed by atoms with Crippen LogP contribution in [0, 0.1) is 0 Å². The third-order valence-corrected chi connectivity index (χ3v) is 5.48. The van der Waals surface area contributed by atoms with Crippen LogP contribution in [0.5, 0.6) is 0 Å². The first-order valence-electron chi connectivity index (χ1n) is 9.69. The number of nitrogens with two attached hydrogens (primary N) is 1. The zero-order chi connectivity index (χ0) is 21.8. The number of hydrogen-bond acceptors (Lipinski definition) is 4. The van der Waals surface area contributed by atoms with E-state index in [0.29, 0.717) is 23.1 Å². The second-order valence-corrected chi connectivity index (χ2v) is 7.96. The molecule has 0 bridgehead atoms. The van der Waals surface area contributed by atoms with Crippen LogP contribution in [-0.2, 0) is 12.8 Å². The average molecular weight is 475 g/mol. The highest BCUT2D eigenvalue weighted by Gasteiger charge is 2.11. The summed E-state index contributed by atoms with van der Waals surface area (Å²) < 4.78 is 0.922. The molecule has 0 aliphatic rings. The fourth-order valence-corrected chi connectivity index (χ4v) is 3.68. The van der Waals surface area contributed by atoms with E-state index in [1.165, 1.54) is 6.33 Å². The van der Waals surface area contributed by atoms with E-state index in [-0.39, 0.29) is 5.91 Å². The van der Waals surface area contributed by atoms with E-state index < -0.39 is 5.91 Å². The van der Waals surface area contributed by atoms with Crippen molar-refractivity contribution in [1.82, 2.24) is 9.97 Å². The number of anilines is 1. The lowest BCUT2D eigenvalue weighted by Gasteiger charge is -2.09. The number of amides is 2. The second-order valence-electron chi connectivity index (χ2n) is 7.05. The number of nitrogens with one attached hydrogen (secondary N) is 1. The highest BCUT2D eigenvalue weighted by Crippen LogP contribution is 2.21. The quantitative estimate of drug-likeness (QED) is 0.428. The second kappa shape index (κ2) is 9.06. The fraction of sp³-hybridized carbons (Fsp3) is 0.0833. The van der Waals surface area contributed by atoms with Crippen molar-refractivity contribution in [3.8, 4) is 0 Å². The van der Waals surface area contributed by atoms with Crippen molar-refractivity contribution in [3.05, 3.63) is 99.9 Å².